The maximum Gasteiger partial charge on any atom is 0.353 e. The molecule has 0 aliphatic carbocycles. The first-order valence-corrected chi connectivity index (χ1v) is 5.67. The van der Waals surface area contributed by atoms with Crippen molar-refractivity contribution in [3.05, 3.63) is 48.5 Å². The molecule has 0 heterocycles. The van der Waals surface area contributed by atoms with E-state index in [9.17, 15) is 13.2 Å². The first kappa shape index (κ1) is 12.9. The number of nitrogens with two attached hydrogens (primary N) is 1. The summed E-state index contributed by atoms with van der Waals surface area (Å²) in [6.07, 6.45) is 0. The molecule has 0 aliphatic heterocycles. The van der Waals surface area contributed by atoms with Gasteiger partial charge in [-0.2, -0.15) is 8.42 Å². The lowest BCUT2D eigenvalue weighted by Gasteiger charge is -1.92. The minimum atomic E-state index is -2.70. The van der Waals surface area contributed by atoms with E-state index < -0.39 is 16.5 Å². The second-order valence-corrected chi connectivity index (χ2v) is 3.61. The Bertz CT molecular complexity index is 577. The van der Waals surface area contributed by atoms with Gasteiger partial charge in [-0.15, -0.1) is 0 Å². The van der Waals surface area contributed by atoms with Crippen molar-refractivity contribution < 1.29 is 13.2 Å². The lowest BCUT2D eigenvalue weighted by Crippen LogP contribution is -2.02. The summed E-state index contributed by atoms with van der Waals surface area (Å²) in [5.74, 6) is 0. The van der Waals surface area contributed by atoms with Crippen LogP contribution in [0.5, 0.6) is 0 Å². The van der Waals surface area contributed by atoms with Gasteiger partial charge in [-0.05, 0) is 10.8 Å². The van der Waals surface area contributed by atoms with Crippen molar-refractivity contribution in [2.75, 3.05) is 0 Å². The van der Waals surface area contributed by atoms with Crippen molar-refractivity contribution in [1.29, 1.82) is 0 Å². The normalized spacial score (nSPS) is 8.94. The minimum absolute atomic E-state index is 1.20. The second-order valence-electron chi connectivity index (χ2n) is 2.99. The van der Waals surface area contributed by atoms with Gasteiger partial charge < -0.3 is 5.73 Å². The smallest absolute Gasteiger partial charge is 0.349 e. The van der Waals surface area contributed by atoms with Crippen molar-refractivity contribution in [2.45, 2.75) is 0 Å². The highest BCUT2D eigenvalue weighted by atomic mass is 32.2. The molecule has 0 fully saturated rings. The lowest BCUT2D eigenvalue weighted by atomic mass is 10.1. The molecule has 6 heteroatoms. The standard InChI is InChI=1S/C10H8.CH2N2O3S/c1-2-6-10-8-4-3-7-9(10)5-1;2-1(4)3-7(5)6/h1-8H;(H2,2,4). The molecule has 88 valence electrons. The zero-order valence-electron chi connectivity index (χ0n) is 8.78. The molecule has 2 aromatic rings. The molecule has 2 N–H and O–H groups in total. The van der Waals surface area contributed by atoms with Crippen molar-refractivity contribution in [3.8, 4) is 0 Å². The summed E-state index contributed by atoms with van der Waals surface area (Å²) in [5.41, 5.74) is 4.29. The zero-order valence-corrected chi connectivity index (χ0v) is 9.59. The summed E-state index contributed by atoms with van der Waals surface area (Å²) in [7, 11) is -2.70. The van der Waals surface area contributed by atoms with Crippen LogP contribution in [0.4, 0.5) is 4.79 Å². The number of amides is 2. The molecule has 2 aromatic carbocycles. The summed E-state index contributed by atoms with van der Waals surface area (Å²) >= 11 is 0. The van der Waals surface area contributed by atoms with Gasteiger partial charge in [0, 0.05) is 0 Å². The van der Waals surface area contributed by atoms with E-state index >= 15 is 0 Å². The summed E-state index contributed by atoms with van der Waals surface area (Å²) in [4.78, 5) is 9.47. The van der Waals surface area contributed by atoms with Gasteiger partial charge in [0.2, 0.25) is 0 Å². The number of benzene rings is 2. The Labute approximate surface area is 99.6 Å². The highest BCUT2D eigenvalue weighted by Crippen LogP contribution is 2.11. The van der Waals surface area contributed by atoms with Crippen molar-refractivity contribution in [3.63, 3.8) is 0 Å². The van der Waals surface area contributed by atoms with Crippen LogP contribution < -0.4 is 5.73 Å². The molecule has 0 bridgehead atoms. The average molecular weight is 250 g/mol. The molecule has 2 rings (SSSR count). The highest BCUT2D eigenvalue weighted by Gasteiger charge is 1.85. The monoisotopic (exact) mass is 250 g/mol. The van der Waals surface area contributed by atoms with E-state index in [4.69, 9.17) is 0 Å². The molecule has 0 atom stereocenters. The fourth-order valence-corrected chi connectivity index (χ4v) is 1.35. The predicted octanol–water partition coefficient (Wildman–Crippen LogP) is 1.97. The summed E-state index contributed by atoms with van der Waals surface area (Å²) < 4.78 is 21.0. The van der Waals surface area contributed by atoms with Gasteiger partial charge in [0.05, 0.1) is 0 Å². The number of carbonyl (C=O) groups is 1. The Balaban J connectivity index is 0.000000185. The fraction of sp³-hybridized carbons (Fsp3) is 0. The third-order valence-corrected chi connectivity index (χ3v) is 2.15. The number of fused-ring (bicyclic) bond motifs is 1. The molecule has 0 radical (unpaired) electrons. The van der Waals surface area contributed by atoms with E-state index in [1.165, 1.54) is 10.8 Å². The van der Waals surface area contributed by atoms with Crippen LogP contribution in [-0.4, -0.2) is 14.4 Å². The van der Waals surface area contributed by atoms with Crippen LogP contribution in [0.25, 0.3) is 10.8 Å². The van der Waals surface area contributed by atoms with Gasteiger partial charge >= 0.3 is 16.5 Å². The van der Waals surface area contributed by atoms with Gasteiger partial charge in [0.25, 0.3) is 0 Å². The van der Waals surface area contributed by atoms with Gasteiger partial charge in [-0.25, -0.2) is 4.79 Å². The fourth-order valence-electron chi connectivity index (χ4n) is 1.21. The molecular weight excluding hydrogens is 240 g/mol. The maximum atomic E-state index is 9.47. The van der Waals surface area contributed by atoms with Crippen LogP contribution in [0.3, 0.4) is 0 Å². The largest absolute Gasteiger partial charge is 0.353 e. The van der Waals surface area contributed by atoms with E-state index in [1.54, 1.807) is 0 Å². The van der Waals surface area contributed by atoms with Gasteiger partial charge in [-0.3, -0.25) is 0 Å². The summed E-state index contributed by atoms with van der Waals surface area (Å²) in [5, 5.41) is 2.62. The predicted molar refractivity (Wildman–Crippen MR) is 64.9 cm³/mol. The average Bonchev–Trinajstić information content (AvgIpc) is 2.28. The molecule has 5 nitrogen and oxygen atoms in total. The Hall–Kier alpha value is -2.21. The van der Waals surface area contributed by atoms with Crippen molar-refractivity contribution >= 4 is 27.3 Å². The van der Waals surface area contributed by atoms with E-state index in [1.807, 2.05) is 0 Å². The van der Waals surface area contributed by atoms with E-state index in [-0.39, 0.29) is 0 Å². The Kier molecular flexibility index (Phi) is 4.83. The van der Waals surface area contributed by atoms with E-state index in [0.29, 0.717) is 0 Å². The van der Waals surface area contributed by atoms with Crippen molar-refractivity contribution in [1.82, 2.24) is 0 Å². The van der Waals surface area contributed by atoms with E-state index in [2.05, 4.69) is 58.6 Å². The number of nitrogens with zero attached hydrogens (tertiary/aromatic N) is 1. The first-order valence-electron chi connectivity index (χ1n) is 4.64. The SMILES string of the molecule is NC(=O)N=S(=O)=O.c1ccc2ccccc2c1. The number of primary amides is 1. The lowest BCUT2D eigenvalue weighted by molar-refractivity contribution is 0.257. The number of carbonyl (C=O) groups excluding carboxylic acids is 1. The maximum absolute atomic E-state index is 9.47. The molecule has 0 unspecified atom stereocenters. The molecule has 0 saturated heterocycles. The Morgan fingerprint density at radius 3 is 1.47 bits per heavy atom. The molecule has 2 amide bonds. The third-order valence-electron chi connectivity index (χ3n) is 1.82. The van der Waals surface area contributed by atoms with Crippen LogP contribution in [0.15, 0.2) is 52.9 Å². The van der Waals surface area contributed by atoms with Crippen LogP contribution in [-0.2, 0) is 10.5 Å². The van der Waals surface area contributed by atoms with Crippen LogP contribution >= 0.6 is 0 Å². The van der Waals surface area contributed by atoms with Gasteiger partial charge in [-0.1, -0.05) is 52.9 Å². The number of hydrogen-bond donors (Lipinski definition) is 1. The molecule has 17 heavy (non-hydrogen) atoms. The van der Waals surface area contributed by atoms with E-state index in [0.717, 1.165) is 0 Å². The van der Waals surface area contributed by atoms with Crippen LogP contribution in [0.1, 0.15) is 0 Å². The Morgan fingerprint density at radius 2 is 1.29 bits per heavy atom. The summed E-state index contributed by atoms with van der Waals surface area (Å²) in [6.45, 7) is 0. The van der Waals surface area contributed by atoms with Gasteiger partial charge in [0.15, 0.2) is 0 Å². The third kappa shape index (κ3) is 4.89. The Morgan fingerprint density at radius 1 is 0.941 bits per heavy atom. The molecule has 0 spiro atoms. The zero-order chi connectivity index (χ0) is 12.7. The topological polar surface area (TPSA) is 89.6 Å². The summed E-state index contributed by atoms with van der Waals surface area (Å²) in [6, 6.07) is 15.5. The quantitative estimate of drug-likeness (QED) is 0.775. The second kappa shape index (κ2) is 6.39. The first-order chi connectivity index (χ1) is 8.09. The van der Waals surface area contributed by atoms with Crippen molar-refractivity contribution in [2.24, 2.45) is 10.1 Å². The molecule has 0 aromatic heterocycles. The number of hydrogen-bond acceptors (Lipinski definition) is 3. The van der Waals surface area contributed by atoms with Gasteiger partial charge in [0.1, 0.15) is 0 Å². The van der Waals surface area contributed by atoms with Crippen LogP contribution in [0, 0.1) is 0 Å². The van der Waals surface area contributed by atoms with Crippen LogP contribution in [0.2, 0.25) is 0 Å². The molecule has 0 saturated carbocycles. The number of rotatable bonds is 0. The minimum Gasteiger partial charge on any atom is -0.349 e. The molecular formula is C11H10N2O3S. The number of urea groups is 1. The molecule has 0 aliphatic rings. The highest BCUT2D eigenvalue weighted by molar-refractivity contribution is 7.62.